The summed E-state index contributed by atoms with van der Waals surface area (Å²) in [6, 6.07) is 9.92. The molecule has 4 rings (SSSR count). The SMILES string of the molecule is CCN(CC)CCCN1C(=O)c2oc3cc(OC)ccc3c(=O)c2C1c1ccc(OC)c(OC)c1. The maximum Gasteiger partial charge on any atom is 0.290 e. The Labute approximate surface area is 205 Å². The second kappa shape index (κ2) is 10.4. The minimum atomic E-state index is -0.586. The summed E-state index contributed by atoms with van der Waals surface area (Å²) in [5.74, 6) is 1.45. The molecule has 35 heavy (non-hydrogen) atoms. The van der Waals surface area contributed by atoms with Crippen molar-refractivity contribution < 1.29 is 23.4 Å². The molecule has 1 aliphatic heterocycles. The first-order valence-electron chi connectivity index (χ1n) is 11.9. The van der Waals surface area contributed by atoms with Crippen molar-refractivity contribution in [2.45, 2.75) is 26.3 Å². The van der Waals surface area contributed by atoms with E-state index in [0.29, 0.717) is 40.3 Å². The van der Waals surface area contributed by atoms with Crippen molar-refractivity contribution in [1.29, 1.82) is 0 Å². The Kier molecular flexibility index (Phi) is 7.31. The van der Waals surface area contributed by atoms with E-state index in [1.54, 1.807) is 50.5 Å². The Bertz CT molecular complexity index is 1280. The van der Waals surface area contributed by atoms with Gasteiger partial charge in [0, 0.05) is 12.6 Å². The molecule has 0 saturated carbocycles. The zero-order valence-electron chi connectivity index (χ0n) is 20.9. The Morgan fingerprint density at radius 3 is 2.34 bits per heavy atom. The van der Waals surface area contributed by atoms with Gasteiger partial charge in [0.2, 0.25) is 5.76 Å². The van der Waals surface area contributed by atoms with E-state index in [9.17, 15) is 9.59 Å². The number of fused-ring (bicyclic) bond motifs is 2. The smallest absolute Gasteiger partial charge is 0.290 e. The summed E-state index contributed by atoms with van der Waals surface area (Å²) in [7, 11) is 4.68. The quantitative estimate of drug-likeness (QED) is 0.432. The van der Waals surface area contributed by atoms with Crippen LogP contribution in [0, 0.1) is 0 Å². The average Bonchev–Trinajstić information content (AvgIpc) is 3.17. The number of ether oxygens (including phenoxy) is 3. The number of carbonyl (C=O) groups excluding carboxylic acids is 1. The van der Waals surface area contributed by atoms with E-state index in [4.69, 9.17) is 18.6 Å². The number of hydrogen-bond acceptors (Lipinski definition) is 7. The van der Waals surface area contributed by atoms with Crippen LogP contribution in [0.4, 0.5) is 0 Å². The van der Waals surface area contributed by atoms with Crippen LogP contribution in [-0.4, -0.2) is 63.2 Å². The van der Waals surface area contributed by atoms with Crippen LogP contribution >= 0.6 is 0 Å². The summed E-state index contributed by atoms with van der Waals surface area (Å²) >= 11 is 0. The second-order valence-electron chi connectivity index (χ2n) is 8.43. The molecule has 2 heterocycles. The maximum absolute atomic E-state index is 13.7. The van der Waals surface area contributed by atoms with Crippen molar-refractivity contribution in [3.63, 3.8) is 0 Å². The van der Waals surface area contributed by atoms with Gasteiger partial charge in [-0.15, -0.1) is 0 Å². The third-order valence-corrected chi connectivity index (χ3v) is 6.67. The number of carbonyl (C=O) groups is 1. The number of nitrogens with zero attached hydrogens (tertiary/aromatic N) is 2. The van der Waals surface area contributed by atoms with E-state index in [1.807, 2.05) is 12.1 Å². The molecule has 1 aromatic heterocycles. The molecule has 0 saturated heterocycles. The standard InChI is InChI=1S/C27H32N2O6/c1-6-28(7-2)13-8-14-29-24(17-9-12-20(33-4)22(15-17)34-5)23-25(30)19-11-10-18(32-3)16-21(19)35-26(23)27(29)31/h9-12,15-16,24H,6-8,13-14H2,1-5H3. The van der Waals surface area contributed by atoms with Gasteiger partial charge in [0.15, 0.2) is 16.9 Å². The van der Waals surface area contributed by atoms with Gasteiger partial charge in [-0.05, 0) is 55.9 Å². The van der Waals surface area contributed by atoms with E-state index in [-0.39, 0.29) is 17.1 Å². The minimum Gasteiger partial charge on any atom is -0.497 e. The van der Waals surface area contributed by atoms with Crippen LogP contribution in [0.3, 0.4) is 0 Å². The Morgan fingerprint density at radius 2 is 1.69 bits per heavy atom. The fourth-order valence-electron chi connectivity index (χ4n) is 4.73. The third-order valence-electron chi connectivity index (χ3n) is 6.67. The van der Waals surface area contributed by atoms with Gasteiger partial charge in [-0.3, -0.25) is 9.59 Å². The molecule has 8 heteroatoms. The van der Waals surface area contributed by atoms with Gasteiger partial charge in [-0.2, -0.15) is 0 Å². The minimum absolute atomic E-state index is 0.0818. The van der Waals surface area contributed by atoms with Gasteiger partial charge < -0.3 is 28.4 Å². The Balaban J connectivity index is 1.84. The Hall–Kier alpha value is -3.52. The molecule has 0 fully saturated rings. The molecule has 0 radical (unpaired) electrons. The van der Waals surface area contributed by atoms with Crippen LogP contribution in [-0.2, 0) is 0 Å². The molecule has 3 aromatic rings. The molecular formula is C27H32N2O6. The van der Waals surface area contributed by atoms with Gasteiger partial charge in [-0.1, -0.05) is 19.9 Å². The largest absolute Gasteiger partial charge is 0.497 e. The second-order valence-corrected chi connectivity index (χ2v) is 8.43. The highest BCUT2D eigenvalue weighted by Gasteiger charge is 2.42. The lowest BCUT2D eigenvalue weighted by atomic mass is 9.98. The van der Waals surface area contributed by atoms with Crippen molar-refractivity contribution in [3.05, 3.63) is 63.5 Å². The summed E-state index contributed by atoms with van der Waals surface area (Å²) in [6.45, 7) is 7.46. The lowest BCUT2D eigenvalue weighted by Gasteiger charge is -2.27. The van der Waals surface area contributed by atoms with Gasteiger partial charge in [0.1, 0.15) is 11.3 Å². The van der Waals surface area contributed by atoms with Crippen LogP contribution in [0.15, 0.2) is 45.6 Å². The zero-order chi connectivity index (χ0) is 25.1. The van der Waals surface area contributed by atoms with Gasteiger partial charge in [0.25, 0.3) is 5.91 Å². The summed E-state index contributed by atoms with van der Waals surface area (Å²) in [5, 5.41) is 0.410. The summed E-state index contributed by atoms with van der Waals surface area (Å²) in [5.41, 5.74) is 1.22. The number of rotatable bonds is 10. The highest BCUT2D eigenvalue weighted by Crippen LogP contribution is 2.41. The van der Waals surface area contributed by atoms with Gasteiger partial charge in [-0.25, -0.2) is 0 Å². The maximum atomic E-state index is 13.7. The lowest BCUT2D eigenvalue weighted by molar-refractivity contribution is 0.0720. The van der Waals surface area contributed by atoms with Crippen LogP contribution in [0.1, 0.15) is 48.0 Å². The molecule has 8 nitrogen and oxygen atoms in total. The van der Waals surface area contributed by atoms with Gasteiger partial charge >= 0.3 is 0 Å². The zero-order valence-corrected chi connectivity index (χ0v) is 20.9. The number of amides is 1. The van der Waals surface area contributed by atoms with Crippen LogP contribution in [0.2, 0.25) is 0 Å². The van der Waals surface area contributed by atoms with Crippen molar-refractivity contribution in [3.8, 4) is 17.2 Å². The van der Waals surface area contributed by atoms with Crippen LogP contribution in [0.25, 0.3) is 11.0 Å². The molecule has 0 aliphatic carbocycles. The van der Waals surface area contributed by atoms with Gasteiger partial charge in [0.05, 0.1) is 38.3 Å². The van der Waals surface area contributed by atoms with E-state index in [1.165, 1.54) is 0 Å². The summed E-state index contributed by atoms with van der Waals surface area (Å²) in [6.07, 6.45) is 0.771. The molecule has 0 bridgehead atoms. The first-order chi connectivity index (χ1) is 17.0. The lowest BCUT2D eigenvalue weighted by Crippen LogP contribution is -2.33. The molecule has 1 atom stereocenters. The molecule has 0 spiro atoms. The normalized spacial score (nSPS) is 15.1. The monoisotopic (exact) mass is 480 g/mol. The highest BCUT2D eigenvalue weighted by molar-refractivity contribution is 5.99. The summed E-state index contributed by atoms with van der Waals surface area (Å²) < 4.78 is 22.2. The first kappa shape index (κ1) is 24.6. The number of benzene rings is 2. The highest BCUT2D eigenvalue weighted by atomic mass is 16.5. The van der Waals surface area contributed by atoms with Crippen molar-refractivity contribution in [2.24, 2.45) is 0 Å². The van der Waals surface area contributed by atoms with Crippen molar-refractivity contribution in [2.75, 3.05) is 47.5 Å². The van der Waals surface area contributed by atoms with Crippen molar-refractivity contribution >= 4 is 16.9 Å². The Morgan fingerprint density at radius 1 is 0.943 bits per heavy atom. The molecule has 1 unspecified atom stereocenters. The number of methoxy groups -OCH3 is 3. The molecule has 1 amide bonds. The molecule has 1 aliphatic rings. The number of hydrogen-bond donors (Lipinski definition) is 0. The molecule has 0 N–H and O–H groups in total. The predicted molar refractivity (Wildman–Crippen MR) is 134 cm³/mol. The molecular weight excluding hydrogens is 448 g/mol. The van der Waals surface area contributed by atoms with E-state index in [2.05, 4.69) is 18.7 Å². The van der Waals surface area contributed by atoms with E-state index in [0.717, 1.165) is 31.6 Å². The third kappa shape index (κ3) is 4.46. The first-order valence-corrected chi connectivity index (χ1v) is 11.9. The molecule has 2 aromatic carbocycles. The molecule has 186 valence electrons. The van der Waals surface area contributed by atoms with Crippen LogP contribution < -0.4 is 19.6 Å². The van der Waals surface area contributed by atoms with E-state index < -0.39 is 6.04 Å². The average molecular weight is 481 g/mol. The topological polar surface area (TPSA) is 81.5 Å². The van der Waals surface area contributed by atoms with Crippen LogP contribution in [0.5, 0.6) is 17.2 Å². The van der Waals surface area contributed by atoms with E-state index >= 15 is 0 Å². The predicted octanol–water partition coefficient (Wildman–Crippen LogP) is 4.10. The van der Waals surface area contributed by atoms with Crippen molar-refractivity contribution in [1.82, 2.24) is 9.80 Å². The fourth-order valence-corrected chi connectivity index (χ4v) is 4.73. The fraction of sp³-hybridized carbons (Fsp3) is 0.407. The summed E-state index contributed by atoms with van der Waals surface area (Å²) in [4.78, 5) is 31.4.